The average Bonchev–Trinajstić information content (AvgIpc) is 2.10. The lowest BCUT2D eigenvalue weighted by atomic mass is 10.1. The molecule has 0 unspecified atom stereocenters. The van der Waals surface area contributed by atoms with E-state index in [0.29, 0.717) is 0 Å². The molecular weight excluding hydrogens is 190 g/mol. The van der Waals surface area contributed by atoms with E-state index in [0.717, 1.165) is 0 Å². The van der Waals surface area contributed by atoms with Gasteiger partial charge in [0.15, 0.2) is 5.78 Å². The number of para-hydroxylation sites is 1. The van der Waals surface area contributed by atoms with Crippen molar-refractivity contribution in [3.05, 3.63) is 28.8 Å². The number of nitrogens with two attached hydrogens (primary N) is 1. The monoisotopic (exact) mass is 199 g/mol. The molecule has 3 nitrogen and oxygen atoms in total. The number of aromatic hydroxyl groups is 1. The molecule has 3 N–H and O–H groups in total. The molecule has 1 aromatic rings. The molecular formula is C9H10ClNO2. The molecule has 0 aliphatic heterocycles. The first-order valence-corrected chi connectivity index (χ1v) is 4.25. The lowest BCUT2D eigenvalue weighted by molar-refractivity contribution is 0.0983. The fraction of sp³-hybridized carbons (Fsp3) is 0.222. The van der Waals surface area contributed by atoms with Crippen LogP contribution in [0.1, 0.15) is 16.8 Å². The maximum absolute atomic E-state index is 11.3. The maximum Gasteiger partial charge on any atom is 0.167 e. The van der Waals surface area contributed by atoms with Crippen molar-refractivity contribution >= 4 is 17.4 Å². The van der Waals surface area contributed by atoms with Gasteiger partial charge in [0.25, 0.3) is 0 Å². The number of carbonyl (C=O) groups excluding carboxylic acids is 1. The van der Waals surface area contributed by atoms with Gasteiger partial charge in [-0.2, -0.15) is 0 Å². The van der Waals surface area contributed by atoms with Gasteiger partial charge in [-0.3, -0.25) is 4.79 Å². The number of benzene rings is 1. The molecule has 0 spiro atoms. The Hall–Kier alpha value is -1.06. The van der Waals surface area contributed by atoms with Crippen molar-refractivity contribution in [1.82, 2.24) is 0 Å². The number of phenolic OH excluding ortho intramolecular Hbond substituents is 1. The van der Waals surface area contributed by atoms with Crippen molar-refractivity contribution in [3.8, 4) is 5.75 Å². The molecule has 4 heteroatoms. The standard InChI is InChI=1S/C9H10ClNO2/c10-7-3-1-2-6(9(7)13)8(12)4-5-11/h1-3,13H,4-5,11H2. The van der Waals surface area contributed by atoms with Crippen molar-refractivity contribution in [3.63, 3.8) is 0 Å². The third-order valence-electron chi connectivity index (χ3n) is 1.66. The van der Waals surface area contributed by atoms with E-state index in [4.69, 9.17) is 17.3 Å². The molecule has 0 radical (unpaired) electrons. The van der Waals surface area contributed by atoms with Crippen molar-refractivity contribution in [2.45, 2.75) is 6.42 Å². The van der Waals surface area contributed by atoms with Gasteiger partial charge in [-0.15, -0.1) is 0 Å². The molecule has 13 heavy (non-hydrogen) atoms. The molecule has 1 rings (SSSR count). The molecule has 0 aliphatic carbocycles. The van der Waals surface area contributed by atoms with Gasteiger partial charge in [-0.05, 0) is 18.7 Å². The number of rotatable bonds is 3. The highest BCUT2D eigenvalue weighted by molar-refractivity contribution is 6.32. The second kappa shape index (κ2) is 4.25. The number of Topliss-reactive ketones (excluding diaryl/α,β-unsaturated/α-hetero) is 1. The number of halogens is 1. The maximum atomic E-state index is 11.3. The predicted octanol–water partition coefficient (Wildman–Crippen LogP) is 1.58. The highest BCUT2D eigenvalue weighted by Gasteiger charge is 2.11. The first-order valence-electron chi connectivity index (χ1n) is 3.87. The number of ketones is 1. The molecule has 0 aliphatic rings. The minimum Gasteiger partial charge on any atom is -0.506 e. The fourth-order valence-electron chi connectivity index (χ4n) is 1.01. The SMILES string of the molecule is NCCC(=O)c1cccc(Cl)c1O. The Morgan fingerprint density at radius 2 is 2.23 bits per heavy atom. The summed E-state index contributed by atoms with van der Waals surface area (Å²) < 4.78 is 0. The van der Waals surface area contributed by atoms with Crippen LogP contribution in [0.25, 0.3) is 0 Å². The first-order chi connectivity index (χ1) is 6.16. The van der Waals surface area contributed by atoms with E-state index < -0.39 is 0 Å². The number of hydrogen-bond acceptors (Lipinski definition) is 3. The zero-order chi connectivity index (χ0) is 9.84. The third kappa shape index (κ3) is 2.20. The smallest absolute Gasteiger partial charge is 0.167 e. The van der Waals surface area contributed by atoms with Crippen LogP contribution in [-0.2, 0) is 0 Å². The highest BCUT2D eigenvalue weighted by Crippen LogP contribution is 2.27. The summed E-state index contributed by atoms with van der Waals surface area (Å²) in [6.07, 6.45) is 0.216. The van der Waals surface area contributed by atoms with E-state index in [1.807, 2.05) is 0 Å². The van der Waals surface area contributed by atoms with Crippen molar-refractivity contribution in [2.75, 3.05) is 6.54 Å². The summed E-state index contributed by atoms with van der Waals surface area (Å²) in [5, 5.41) is 9.58. The largest absolute Gasteiger partial charge is 0.506 e. The summed E-state index contributed by atoms with van der Waals surface area (Å²) in [6.45, 7) is 0.269. The number of hydrogen-bond donors (Lipinski definition) is 2. The van der Waals surface area contributed by atoms with Crippen molar-refractivity contribution in [1.29, 1.82) is 0 Å². The summed E-state index contributed by atoms with van der Waals surface area (Å²) in [7, 11) is 0. The van der Waals surface area contributed by atoms with E-state index in [-0.39, 0.29) is 35.1 Å². The van der Waals surface area contributed by atoms with E-state index in [1.165, 1.54) is 12.1 Å². The summed E-state index contributed by atoms with van der Waals surface area (Å²) in [6, 6.07) is 4.67. The van der Waals surface area contributed by atoms with Gasteiger partial charge in [0.2, 0.25) is 0 Å². The molecule has 0 atom stereocenters. The van der Waals surface area contributed by atoms with Crippen molar-refractivity contribution in [2.24, 2.45) is 5.73 Å². The Morgan fingerprint density at radius 1 is 1.54 bits per heavy atom. The van der Waals surface area contributed by atoms with Crippen LogP contribution in [-0.4, -0.2) is 17.4 Å². The van der Waals surface area contributed by atoms with E-state index in [1.54, 1.807) is 6.07 Å². The van der Waals surface area contributed by atoms with Gasteiger partial charge in [0, 0.05) is 6.42 Å². The highest BCUT2D eigenvalue weighted by atomic mass is 35.5. The molecule has 0 saturated carbocycles. The molecule has 0 amide bonds. The Morgan fingerprint density at radius 3 is 2.85 bits per heavy atom. The second-order valence-electron chi connectivity index (χ2n) is 2.60. The Kier molecular flexibility index (Phi) is 3.28. The molecule has 0 bridgehead atoms. The van der Waals surface area contributed by atoms with Crippen LogP contribution in [0.4, 0.5) is 0 Å². The molecule has 0 saturated heterocycles. The minimum atomic E-state index is -0.192. The summed E-state index contributed by atoms with van der Waals surface area (Å²) >= 11 is 5.62. The lowest BCUT2D eigenvalue weighted by Gasteiger charge is -2.03. The Labute approximate surface area is 81.1 Å². The van der Waals surface area contributed by atoms with E-state index in [9.17, 15) is 9.90 Å². The predicted molar refractivity (Wildman–Crippen MR) is 51.1 cm³/mol. The average molecular weight is 200 g/mol. The topological polar surface area (TPSA) is 63.3 Å². The first kappa shape index (κ1) is 10.0. The van der Waals surface area contributed by atoms with Gasteiger partial charge in [0.05, 0.1) is 10.6 Å². The van der Waals surface area contributed by atoms with Crippen LogP contribution in [0.5, 0.6) is 5.75 Å². The quantitative estimate of drug-likeness (QED) is 0.727. The molecule has 70 valence electrons. The van der Waals surface area contributed by atoms with Crippen LogP contribution in [0.2, 0.25) is 5.02 Å². The molecule has 1 aromatic carbocycles. The zero-order valence-electron chi connectivity index (χ0n) is 6.96. The number of phenols is 1. The van der Waals surface area contributed by atoms with E-state index >= 15 is 0 Å². The third-order valence-corrected chi connectivity index (χ3v) is 1.96. The van der Waals surface area contributed by atoms with Crippen LogP contribution in [0.15, 0.2) is 18.2 Å². The van der Waals surface area contributed by atoms with Gasteiger partial charge in [-0.1, -0.05) is 17.7 Å². The summed E-state index contributed by atoms with van der Waals surface area (Å²) in [5.41, 5.74) is 5.45. The lowest BCUT2D eigenvalue weighted by Crippen LogP contribution is -2.08. The Balaban J connectivity index is 3.01. The van der Waals surface area contributed by atoms with Crippen LogP contribution >= 0.6 is 11.6 Å². The second-order valence-corrected chi connectivity index (χ2v) is 3.01. The zero-order valence-corrected chi connectivity index (χ0v) is 7.71. The summed E-state index contributed by atoms with van der Waals surface area (Å²) in [5.74, 6) is -0.356. The summed E-state index contributed by atoms with van der Waals surface area (Å²) in [4.78, 5) is 11.3. The van der Waals surface area contributed by atoms with Crippen LogP contribution in [0, 0.1) is 0 Å². The molecule has 0 aromatic heterocycles. The van der Waals surface area contributed by atoms with Crippen molar-refractivity contribution < 1.29 is 9.90 Å². The molecule has 0 fully saturated rings. The van der Waals surface area contributed by atoms with Gasteiger partial charge < -0.3 is 10.8 Å². The number of carbonyl (C=O) groups is 1. The van der Waals surface area contributed by atoms with Gasteiger partial charge in [-0.25, -0.2) is 0 Å². The van der Waals surface area contributed by atoms with E-state index in [2.05, 4.69) is 0 Å². The van der Waals surface area contributed by atoms with Crippen LogP contribution in [0.3, 0.4) is 0 Å². The Bertz CT molecular complexity index is 325. The van der Waals surface area contributed by atoms with Gasteiger partial charge in [0.1, 0.15) is 5.75 Å². The van der Waals surface area contributed by atoms with Gasteiger partial charge >= 0.3 is 0 Å². The van der Waals surface area contributed by atoms with Crippen LogP contribution < -0.4 is 5.73 Å². The normalized spacial score (nSPS) is 10.0. The molecule has 0 heterocycles. The fourth-order valence-corrected chi connectivity index (χ4v) is 1.18. The minimum absolute atomic E-state index is 0.164.